The number of phosphoric ester groups is 1. The lowest BCUT2D eigenvalue weighted by atomic mass is 9.93. The maximum Gasteiger partial charge on any atom is 0.481 e. The maximum absolute atomic E-state index is 15.1. The van der Waals surface area contributed by atoms with Crippen LogP contribution in [0.2, 0.25) is 0 Å². The van der Waals surface area contributed by atoms with Crippen molar-refractivity contribution in [2.45, 2.75) is 90.6 Å². The third-order valence-electron chi connectivity index (χ3n) is 8.11. The number of nitrogens with zero attached hydrogens (tertiary/aromatic N) is 2. The van der Waals surface area contributed by atoms with Crippen molar-refractivity contribution in [1.29, 1.82) is 0 Å². The maximum atomic E-state index is 15.1. The quantitative estimate of drug-likeness (QED) is 0.0924. The number of ether oxygens (including phenoxy) is 5. The highest BCUT2D eigenvalue weighted by Gasteiger charge is 2.96. The topological polar surface area (TPSA) is 229 Å². The van der Waals surface area contributed by atoms with Crippen LogP contribution in [0.5, 0.6) is 0 Å². The van der Waals surface area contributed by atoms with Crippen LogP contribution in [0.4, 0.5) is 4.39 Å². The summed E-state index contributed by atoms with van der Waals surface area (Å²) in [6.45, 7) is 7.33. The molecule has 278 valence electrons. The second-order valence-electron chi connectivity index (χ2n) is 12.8. The van der Waals surface area contributed by atoms with Crippen molar-refractivity contribution in [2.24, 2.45) is 23.5 Å². The molecule has 1 saturated heterocycles. The molecule has 2 fully saturated rings. The van der Waals surface area contributed by atoms with E-state index in [4.69, 9.17) is 43.0 Å². The average Bonchev–Trinajstić information content (AvgIpc) is 3.48. The largest absolute Gasteiger partial charge is 0.481 e. The molecule has 1 saturated carbocycles. The summed E-state index contributed by atoms with van der Waals surface area (Å²) in [4.78, 5) is 63.5. The van der Waals surface area contributed by atoms with Crippen molar-refractivity contribution in [1.82, 2.24) is 9.80 Å². The fraction of sp³-hybridized carbons (Fsp3) is 0.759. The molecule has 1 aliphatic carbocycles. The Balaban J connectivity index is 1.88. The van der Waals surface area contributed by atoms with E-state index >= 15 is 4.39 Å². The zero-order valence-corrected chi connectivity index (χ0v) is 29.5. The molecular formula is C29H45FN3O15P. The van der Waals surface area contributed by atoms with E-state index in [1.165, 1.54) is 38.8 Å². The van der Waals surface area contributed by atoms with Crippen LogP contribution in [-0.2, 0) is 65.8 Å². The summed E-state index contributed by atoms with van der Waals surface area (Å²) in [7, 11) is -4.98. The average molecular weight is 726 g/mol. The number of fused-ring (bicyclic) bond motifs is 1. The van der Waals surface area contributed by atoms with Crippen LogP contribution < -0.4 is 5.73 Å². The van der Waals surface area contributed by atoms with Gasteiger partial charge in [-0.2, -0.15) is 0 Å². The molecule has 0 aromatic rings. The minimum absolute atomic E-state index is 0.240. The predicted molar refractivity (Wildman–Crippen MR) is 161 cm³/mol. The van der Waals surface area contributed by atoms with Crippen LogP contribution in [0.1, 0.15) is 55.4 Å². The molecule has 0 bridgehead atoms. The fourth-order valence-corrected chi connectivity index (χ4v) is 6.35. The van der Waals surface area contributed by atoms with Gasteiger partial charge in [-0.1, -0.05) is 41.5 Å². The highest BCUT2D eigenvalue weighted by molar-refractivity contribution is 7.48. The minimum Gasteiger partial charge on any atom is -0.450 e. The van der Waals surface area contributed by atoms with Crippen molar-refractivity contribution >= 4 is 37.6 Å². The SMILES string of the molecule is CC(=O)O[C@]12C(OP(=O)(OCOC(=O)C(C)C)OCOC(=O)C(C)C)[C@@]1(CF)O[C@@H](N1C=CC(=O)N(COC(=O)C(N)C(C)C)C1)[C@]2(C)O. The molecule has 18 nitrogen and oxygen atoms in total. The van der Waals surface area contributed by atoms with Crippen LogP contribution in [-0.4, -0.2) is 114 Å². The fourth-order valence-electron chi connectivity index (χ4n) is 5.21. The van der Waals surface area contributed by atoms with Gasteiger partial charge in [0.25, 0.3) is 5.91 Å². The van der Waals surface area contributed by atoms with E-state index in [0.717, 1.165) is 24.8 Å². The first-order valence-corrected chi connectivity index (χ1v) is 16.9. The number of carbonyl (C=O) groups excluding carboxylic acids is 5. The van der Waals surface area contributed by atoms with E-state index in [2.05, 4.69) is 0 Å². The normalized spacial score (nSPS) is 28.5. The van der Waals surface area contributed by atoms with Crippen molar-refractivity contribution in [3.63, 3.8) is 0 Å². The Hall–Kier alpha value is -3.19. The van der Waals surface area contributed by atoms with Gasteiger partial charge in [0.05, 0.1) is 18.5 Å². The standard InChI is InChI=1S/C29H45FN3O15P/c1-16(2)21(31)24(38)41-13-33-12-32(10-9-20(33)35)26-27(8,39)29(46-19(7)34)25(28(29,11-30)47-26)48-49(40,44-14-42-22(36)17(3)4)45-15-43-23(37)18(5)6/h9-10,16-18,21,25-26,39H,11-15,31H2,1-8H3/t21?,25?,26-,27+,28-,29+/m1/s1. The summed E-state index contributed by atoms with van der Waals surface area (Å²) in [5, 5.41) is 12.0. The Morgan fingerprint density at radius 1 is 1.04 bits per heavy atom. The van der Waals surface area contributed by atoms with E-state index in [9.17, 15) is 33.6 Å². The summed E-state index contributed by atoms with van der Waals surface area (Å²) >= 11 is 0. The molecule has 2 heterocycles. The number of amides is 1. The van der Waals surface area contributed by atoms with Crippen molar-refractivity contribution in [2.75, 3.05) is 33.7 Å². The number of esters is 4. The first-order chi connectivity index (χ1) is 22.7. The summed E-state index contributed by atoms with van der Waals surface area (Å²) < 4.78 is 71.2. The lowest BCUT2D eigenvalue weighted by Gasteiger charge is -2.42. The van der Waals surface area contributed by atoms with Gasteiger partial charge in [0.15, 0.2) is 30.3 Å². The van der Waals surface area contributed by atoms with Gasteiger partial charge in [-0.05, 0) is 12.8 Å². The van der Waals surface area contributed by atoms with Gasteiger partial charge in [-0.15, -0.1) is 0 Å². The predicted octanol–water partition coefficient (Wildman–Crippen LogP) is 1.06. The van der Waals surface area contributed by atoms with Crippen LogP contribution >= 0.6 is 7.82 Å². The van der Waals surface area contributed by atoms with Gasteiger partial charge in [-0.3, -0.25) is 33.4 Å². The highest BCUT2D eigenvalue weighted by atomic mass is 31.2. The van der Waals surface area contributed by atoms with Gasteiger partial charge in [-0.25, -0.2) is 18.0 Å². The van der Waals surface area contributed by atoms with E-state index in [1.54, 1.807) is 13.8 Å². The zero-order valence-electron chi connectivity index (χ0n) is 28.6. The third kappa shape index (κ3) is 8.08. The number of hydrogen-bond donors (Lipinski definition) is 2. The highest BCUT2D eigenvalue weighted by Crippen LogP contribution is 2.72. The first kappa shape index (κ1) is 40.2. The van der Waals surface area contributed by atoms with E-state index in [1.807, 2.05) is 0 Å². The number of hydrogen-bond acceptors (Lipinski definition) is 17. The number of carbonyl (C=O) groups is 5. The van der Waals surface area contributed by atoms with Crippen molar-refractivity contribution in [3.05, 3.63) is 12.3 Å². The van der Waals surface area contributed by atoms with Crippen LogP contribution in [0.15, 0.2) is 12.3 Å². The van der Waals surface area contributed by atoms with E-state index < -0.39 is 112 Å². The smallest absolute Gasteiger partial charge is 0.450 e. The molecule has 6 atom stereocenters. The van der Waals surface area contributed by atoms with Crippen LogP contribution in [0.25, 0.3) is 0 Å². The van der Waals surface area contributed by atoms with Gasteiger partial charge in [0.1, 0.15) is 12.7 Å². The Morgan fingerprint density at radius 2 is 1.59 bits per heavy atom. The zero-order chi connectivity index (χ0) is 37.1. The van der Waals surface area contributed by atoms with Gasteiger partial charge >= 0.3 is 31.7 Å². The number of aliphatic hydroxyl groups is 1. The lowest BCUT2D eigenvalue weighted by molar-refractivity contribution is -0.202. The molecule has 3 aliphatic rings. The summed E-state index contributed by atoms with van der Waals surface area (Å²) in [6.07, 6.45) is -1.10. The Labute approximate surface area is 282 Å². The van der Waals surface area contributed by atoms with E-state index in [0.29, 0.717) is 0 Å². The molecule has 2 unspecified atom stereocenters. The number of phosphoric acid groups is 1. The molecule has 20 heteroatoms. The summed E-state index contributed by atoms with van der Waals surface area (Å²) in [5.74, 6) is -5.27. The molecule has 0 spiro atoms. The minimum atomic E-state index is -4.98. The molecule has 2 aliphatic heterocycles. The summed E-state index contributed by atoms with van der Waals surface area (Å²) in [6, 6.07) is -0.948. The Kier molecular flexibility index (Phi) is 12.6. The molecular weight excluding hydrogens is 680 g/mol. The molecule has 3 N–H and O–H groups in total. The second kappa shape index (κ2) is 15.4. The lowest BCUT2D eigenvalue weighted by Crippen LogP contribution is -2.60. The molecule has 0 radical (unpaired) electrons. The number of alkyl halides is 1. The van der Waals surface area contributed by atoms with Crippen LogP contribution in [0, 0.1) is 17.8 Å². The summed E-state index contributed by atoms with van der Waals surface area (Å²) in [5.41, 5.74) is -1.28. The van der Waals surface area contributed by atoms with E-state index in [-0.39, 0.29) is 12.6 Å². The monoisotopic (exact) mass is 725 g/mol. The van der Waals surface area contributed by atoms with Gasteiger partial charge in [0, 0.05) is 19.2 Å². The van der Waals surface area contributed by atoms with Gasteiger partial charge < -0.3 is 39.4 Å². The molecule has 0 aromatic carbocycles. The van der Waals surface area contributed by atoms with Gasteiger partial charge in [0.2, 0.25) is 19.2 Å². The number of nitrogens with two attached hydrogens (primary N) is 1. The number of halogens is 1. The third-order valence-corrected chi connectivity index (χ3v) is 9.42. The Bertz CT molecular complexity index is 1330. The Morgan fingerprint density at radius 3 is 2.06 bits per heavy atom. The first-order valence-electron chi connectivity index (χ1n) is 15.4. The molecule has 3 rings (SSSR count). The second-order valence-corrected chi connectivity index (χ2v) is 14.5. The van der Waals surface area contributed by atoms with Crippen molar-refractivity contribution in [3.8, 4) is 0 Å². The molecule has 49 heavy (non-hydrogen) atoms. The molecule has 1 amide bonds. The van der Waals surface area contributed by atoms with Crippen LogP contribution in [0.3, 0.4) is 0 Å². The number of rotatable bonds is 17. The molecule has 0 aromatic heterocycles. The van der Waals surface area contributed by atoms with Crippen molar-refractivity contribution < 1.29 is 75.3 Å².